The zero-order valence-electron chi connectivity index (χ0n) is 9.55. The van der Waals surface area contributed by atoms with Crippen LogP contribution in [0.2, 0.25) is 0 Å². The average Bonchev–Trinajstić information content (AvgIpc) is 2.03. The van der Waals surface area contributed by atoms with E-state index in [1.165, 1.54) is 12.8 Å². The first-order valence-electron chi connectivity index (χ1n) is 5.30. The number of halogens is 1. The topological polar surface area (TPSA) is 46.2 Å². The van der Waals surface area contributed by atoms with Crippen molar-refractivity contribution in [3.8, 4) is 0 Å². The molecule has 0 heterocycles. The summed E-state index contributed by atoms with van der Waals surface area (Å²) in [6.07, 6.45) is 4.75. The molecule has 0 amide bonds. The molecule has 0 radical (unpaired) electrons. The zero-order chi connectivity index (χ0) is 10.1. The summed E-state index contributed by atoms with van der Waals surface area (Å²) in [5.41, 5.74) is 5.31. The van der Waals surface area contributed by atoms with Crippen molar-refractivity contribution in [3.63, 3.8) is 0 Å². The lowest BCUT2D eigenvalue weighted by molar-refractivity contribution is -0.0305. The fourth-order valence-electron chi connectivity index (χ4n) is 2.40. The number of hydrogen-bond acceptors (Lipinski definition) is 2. The van der Waals surface area contributed by atoms with Crippen molar-refractivity contribution >= 4 is 12.4 Å². The minimum Gasteiger partial charge on any atom is -0.389 e. The maximum Gasteiger partial charge on any atom is 0.0769 e. The first-order valence-corrected chi connectivity index (χ1v) is 5.30. The van der Waals surface area contributed by atoms with Crippen LogP contribution in [-0.4, -0.2) is 17.3 Å². The monoisotopic (exact) mass is 221 g/mol. The third-order valence-electron chi connectivity index (χ3n) is 3.50. The van der Waals surface area contributed by atoms with Crippen molar-refractivity contribution in [2.45, 2.75) is 52.1 Å². The van der Waals surface area contributed by atoms with E-state index in [4.69, 9.17) is 5.73 Å². The van der Waals surface area contributed by atoms with Crippen LogP contribution in [0, 0.1) is 11.3 Å². The lowest BCUT2D eigenvalue weighted by atomic mass is 9.67. The summed E-state index contributed by atoms with van der Waals surface area (Å²) in [7, 11) is 0. The van der Waals surface area contributed by atoms with Crippen molar-refractivity contribution in [3.05, 3.63) is 0 Å². The van der Waals surface area contributed by atoms with Gasteiger partial charge in [0.1, 0.15) is 0 Å². The highest BCUT2D eigenvalue weighted by molar-refractivity contribution is 5.85. The summed E-state index contributed by atoms with van der Waals surface area (Å²) in [4.78, 5) is 0. The molecule has 2 nitrogen and oxygen atoms in total. The SMILES string of the molecule is CC1(C)CCCC(C(C)(O)CN)C1.Cl. The second-order valence-corrected chi connectivity index (χ2v) is 5.52. The molecule has 86 valence electrons. The van der Waals surface area contributed by atoms with E-state index < -0.39 is 5.60 Å². The molecular weight excluding hydrogens is 198 g/mol. The zero-order valence-corrected chi connectivity index (χ0v) is 10.4. The van der Waals surface area contributed by atoms with Gasteiger partial charge in [-0.3, -0.25) is 0 Å². The van der Waals surface area contributed by atoms with Crippen LogP contribution >= 0.6 is 12.4 Å². The third kappa shape index (κ3) is 3.41. The van der Waals surface area contributed by atoms with E-state index in [2.05, 4.69) is 13.8 Å². The molecule has 0 bridgehead atoms. The highest BCUT2D eigenvalue weighted by Gasteiger charge is 2.37. The van der Waals surface area contributed by atoms with Gasteiger partial charge >= 0.3 is 0 Å². The lowest BCUT2D eigenvalue weighted by Gasteiger charge is -2.41. The molecule has 0 aromatic carbocycles. The Morgan fingerprint density at radius 3 is 2.50 bits per heavy atom. The predicted molar refractivity (Wildman–Crippen MR) is 62.7 cm³/mol. The molecule has 3 heteroatoms. The Hall–Kier alpha value is 0.210. The molecule has 3 N–H and O–H groups in total. The summed E-state index contributed by atoms with van der Waals surface area (Å²) < 4.78 is 0. The Balaban J connectivity index is 0.00000169. The first-order chi connectivity index (χ1) is 5.87. The summed E-state index contributed by atoms with van der Waals surface area (Å²) in [6.45, 7) is 6.82. The van der Waals surface area contributed by atoms with E-state index in [0.29, 0.717) is 17.9 Å². The smallest absolute Gasteiger partial charge is 0.0769 e. The molecule has 14 heavy (non-hydrogen) atoms. The minimum atomic E-state index is -0.655. The van der Waals surface area contributed by atoms with E-state index in [0.717, 1.165) is 12.8 Å². The quantitative estimate of drug-likeness (QED) is 0.752. The van der Waals surface area contributed by atoms with Gasteiger partial charge < -0.3 is 10.8 Å². The van der Waals surface area contributed by atoms with Gasteiger partial charge in [0, 0.05) is 6.54 Å². The van der Waals surface area contributed by atoms with Crippen molar-refractivity contribution in [1.29, 1.82) is 0 Å². The fraction of sp³-hybridized carbons (Fsp3) is 1.00. The maximum absolute atomic E-state index is 10.1. The number of nitrogens with two attached hydrogens (primary N) is 1. The molecule has 1 saturated carbocycles. The van der Waals surface area contributed by atoms with Gasteiger partial charge in [-0.1, -0.05) is 20.3 Å². The van der Waals surface area contributed by atoms with Gasteiger partial charge in [0.05, 0.1) is 5.60 Å². The van der Waals surface area contributed by atoms with Gasteiger partial charge in [0.25, 0.3) is 0 Å². The van der Waals surface area contributed by atoms with E-state index in [1.54, 1.807) is 0 Å². The Morgan fingerprint density at radius 2 is 2.07 bits per heavy atom. The molecule has 1 aliphatic carbocycles. The average molecular weight is 222 g/mol. The summed E-state index contributed by atoms with van der Waals surface area (Å²) >= 11 is 0. The van der Waals surface area contributed by atoms with Crippen molar-refractivity contribution in [1.82, 2.24) is 0 Å². The van der Waals surface area contributed by atoms with Gasteiger partial charge in [-0.25, -0.2) is 0 Å². The molecule has 0 aromatic heterocycles. The molecule has 1 fully saturated rings. The van der Waals surface area contributed by atoms with Crippen LogP contribution in [-0.2, 0) is 0 Å². The van der Waals surface area contributed by atoms with Gasteiger partial charge in [-0.05, 0) is 37.5 Å². The Labute approximate surface area is 93.7 Å². The van der Waals surface area contributed by atoms with Crippen molar-refractivity contribution < 1.29 is 5.11 Å². The number of aliphatic hydroxyl groups is 1. The van der Waals surface area contributed by atoms with E-state index >= 15 is 0 Å². The van der Waals surface area contributed by atoms with Crippen LogP contribution in [0.3, 0.4) is 0 Å². The normalized spacial score (nSPS) is 30.2. The van der Waals surface area contributed by atoms with E-state index in [1.807, 2.05) is 6.92 Å². The van der Waals surface area contributed by atoms with Crippen LogP contribution in [0.1, 0.15) is 46.5 Å². The second-order valence-electron chi connectivity index (χ2n) is 5.52. The molecule has 2 atom stereocenters. The molecule has 1 rings (SSSR count). The van der Waals surface area contributed by atoms with Crippen LogP contribution < -0.4 is 5.73 Å². The van der Waals surface area contributed by atoms with Crippen LogP contribution in [0.5, 0.6) is 0 Å². The molecule has 2 unspecified atom stereocenters. The Bertz CT molecular complexity index is 180. The molecule has 0 saturated heterocycles. The highest BCUT2D eigenvalue weighted by Crippen LogP contribution is 2.42. The molecule has 0 aliphatic heterocycles. The summed E-state index contributed by atoms with van der Waals surface area (Å²) in [5, 5.41) is 10.1. The molecule has 0 aromatic rings. The standard InChI is InChI=1S/C11H23NO.ClH/c1-10(2)6-4-5-9(7-10)11(3,13)8-12;/h9,13H,4-8,12H2,1-3H3;1H. The van der Waals surface area contributed by atoms with Crippen LogP contribution in [0.25, 0.3) is 0 Å². The summed E-state index contributed by atoms with van der Waals surface area (Å²) in [5.74, 6) is 0.390. The van der Waals surface area contributed by atoms with E-state index in [-0.39, 0.29) is 12.4 Å². The van der Waals surface area contributed by atoms with Crippen molar-refractivity contribution in [2.75, 3.05) is 6.54 Å². The van der Waals surface area contributed by atoms with Gasteiger partial charge in [0.15, 0.2) is 0 Å². The minimum absolute atomic E-state index is 0. The summed E-state index contributed by atoms with van der Waals surface area (Å²) in [6, 6.07) is 0. The molecule has 1 aliphatic rings. The molecule has 0 spiro atoms. The first kappa shape index (κ1) is 14.2. The van der Waals surface area contributed by atoms with Crippen LogP contribution in [0.4, 0.5) is 0 Å². The van der Waals surface area contributed by atoms with Crippen molar-refractivity contribution in [2.24, 2.45) is 17.1 Å². The largest absolute Gasteiger partial charge is 0.389 e. The van der Waals surface area contributed by atoms with Gasteiger partial charge in [0.2, 0.25) is 0 Å². The maximum atomic E-state index is 10.1. The third-order valence-corrected chi connectivity index (χ3v) is 3.50. The van der Waals surface area contributed by atoms with E-state index in [9.17, 15) is 5.11 Å². The number of rotatable bonds is 2. The number of hydrogen-bond donors (Lipinski definition) is 2. The van der Waals surface area contributed by atoms with Crippen LogP contribution in [0.15, 0.2) is 0 Å². The Morgan fingerprint density at radius 1 is 1.50 bits per heavy atom. The second kappa shape index (κ2) is 4.82. The Kier molecular flexibility index (Phi) is 4.89. The molecular formula is C11H24ClNO. The van der Waals surface area contributed by atoms with Gasteiger partial charge in [-0.15, -0.1) is 12.4 Å². The fourth-order valence-corrected chi connectivity index (χ4v) is 2.40. The predicted octanol–water partition coefficient (Wildman–Crippen LogP) is 2.33. The lowest BCUT2D eigenvalue weighted by Crippen LogP contribution is -2.45. The van der Waals surface area contributed by atoms with Gasteiger partial charge in [-0.2, -0.15) is 0 Å². The highest BCUT2D eigenvalue weighted by atomic mass is 35.5.